The number of amides is 2. The van der Waals surface area contributed by atoms with Gasteiger partial charge in [-0.25, -0.2) is 0 Å². The summed E-state index contributed by atoms with van der Waals surface area (Å²) < 4.78 is 4.79. The van der Waals surface area contributed by atoms with Gasteiger partial charge in [-0.3, -0.25) is 9.59 Å². The third-order valence-corrected chi connectivity index (χ3v) is 3.53. The van der Waals surface area contributed by atoms with Crippen molar-refractivity contribution in [1.29, 1.82) is 0 Å². The Morgan fingerprint density at radius 1 is 1.36 bits per heavy atom. The summed E-state index contributed by atoms with van der Waals surface area (Å²) in [7, 11) is 0. The minimum Gasteiger partial charge on any atom is -0.368 e. The number of aryl methyl sites for hydroxylation is 1. The van der Waals surface area contributed by atoms with Crippen molar-refractivity contribution in [3.8, 4) is 0 Å². The van der Waals surface area contributed by atoms with Gasteiger partial charge in [-0.2, -0.15) is 0 Å². The zero-order chi connectivity index (χ0) is 16.1. The molecule has 0 aliphatic carbocycles. The predicted molar refractivity (Wildman–Crippen MR) is 81.2 cm³/mol. The van der Waals surface area contributed by atoms with Crippen LogP contribution in [0.25, 0.3) is 0 Å². The maximum Gasteiger partial charge on any atom is 0.240 e. The molecule has 1 unspecified atom stereocenters. The maximum atomic E-state index is 12.1. The van der Waals surface area contributed by atoms with Gasteiger partial charge < -0.3 is 15.6 Å². The fourth-order valence-corrected chi connectivity index (χ4v) is 2.27. The number of nitrogens with zero attached hydrogens (tertiary/aromatic N) is 1. The Morgan fingerprint density at radius 2 is 2.05 bits per heavy atom. The lowest BCUT2D eigenvalue weighted by molar-refractivity contribution is -0.127. The van der Waals surface area contributed by atoms with E-state index >= 15 is 0 Å². The average molecular weight is 322 g/mol. The molecule has 0 aliphatic heterocycles. The molecule has 6 nitrogen and oxygen atoms in total. The van der Waals surface area contributed by atoms with Crippen molar-refractivity contribution in [2.75, 3.05) is 0 Å². The van der Waals surface area contributed by atoms with E-state index < -0.39 is 11.9 Å². The molecule has 1 aromatic heterocycles. The van der Waals surface area contributed by atoms with Crippen LogP contribution in [0.5, 0.6) is 0 Å². The summed E-state index contributed by atoms with van der Waals surface area (Å²) in [5, 5.41) is 6.36. The minimum atomic E-state index is -0.783. The lowest BCUT2D eigenvalue weighted by Crippen LogP contribution is -2.46. The first-order chi connectivity index (χ1) is 10.5. The monoisotopic (exact) mass is 321 g/mol. The Kier molecular flexibility index (Phi) is 5.16. The summed E-state index contributed by atoms with van der Waals surface area (Å²) in [5.74, 6) is -0.960. The molecular formula is C15H16ClN3O3. The normalized spacial score (nSPS) is 11.9. The molecule has 22 heavy (non-hydrogen) atoms. The second-order valence-electron chi connectivity index (χ2n) is 4.91. The van der Waals surface area contributed by atoms with Crippen LogP contribution in [0.3, 0.4) is 0 Å². The highest BCUT2D eigenvalue weighted by Gasteiger charge is 2.21. The van der Waals surface area contributed by atoms with Crippen LogP contribution < -0.4 is 11.1 Å². The quantitative estimate of drug-likeness (QED) is 0.840. The molecule has 3 N–H and O–H groups in total. The summed E-state index contributed by atoms with van der Waals surface area (Å²) in [6, 6.07) is 8.53. The molecule has 1 heterocycles. The number of primary amides is 1. The van der Waals surface area contributed by atoms with Gasteiger partial charge in [0.2, 0.25) is 17.0 Å². The van der Waals surface area contributed by atoms with Crippen LogP contribution in [0.1, 0.15) is 16.8 Å². The van der Waals surface area contributed by atoms with Gasteiger partial charge in [0.25, 0.3) is 0 Å². The second kappa shape index (κ2) is 7.09. The van der Waals surface area contributed by atoms with E-state index in [1.165, 1.54) is 0 Å². The molecule has 0 radical (unpaired) electrons. The Morgan fingerprint density at radius 3 is 2.59 bits per heavy atom. The molecule has 1 aromatic carbocycles. The number of aromatic nitrogens is 1. The third-order valence-electron chi connectivity index (χ3n) is 3.24. The van der Waals surface area contributed by atoms with Crippen LogP contribution >= 0.6 is 11.6 Å². The molecule has 2 rings (SSSR count). The van der Waals surface area contributed by atoms with Gasteiger partial charge in [-0.1, -0.05) is 35.5 Å². The van der Waals surface area contributed by atoms with E-state index in [1.54, 1.807) is 6.92 Å². The van der Waals surface area contributed by atoms with Gasteiger partial charge in [0, 0.05) is 12.0 Å². The van der Waals surface area contributed by atoms with E-state index in [0.29, 0.717) is 17.7 Å². The predicted octanol–water partition coefficient (Wildman–Crippen LogP) is 1.39. The molecule has 2 aromatic rings. The lowest BCUT2D eigenvalue weighted by atomic mass is 10.0. The molecule has 116 valence electrons. The van der Waals surface area contributed by atoms with E-state index in [1.807, 2.05) is 30.3 Å². The fraction of sp³-hybridized carbons (Fsp3) is 0.267. The third kappa shape index (κ3) is 4.08. The van der Waals surface area contributed by atoms with Gasteiger partial charge in [-0.15, -0.1) is 0 Å². The summed E-state index contributed by atoms with van der Waals surface area (Å²) in [6.07, 6.45) is 0.311. The van der Waals surface area contributed by atoms with Crippen LogP contribution in [-0.2, 0) is 22.4 Å². The zero-order valence-corrected chi connectivity index (χ0v) is 12.8. The van der Waals surface area contributed by atoms with Crippen molar-refractivity contribution < 1.29 is 14.1 Å². The number of rotatable bonds is 6. The molecule has 2 amide bonds. The molecule has 0 aliphatic rings. The van der Waals surface area contributed by atoms with Crippen LogP contribution in [0.4, 0.5) is 0 Å². The van der Waals surface area contributed by atoms with Crippen LogP contribution in [-0.4, -0.2) is 23.0 Å². The first-order valence-electron chi connectivity index (χ1n) is 6.70. The smallest absolute Gasteiger partial charge is 0.240 e. The lowest BCUT2D eigenvalue weighted by Gasteiger charge is -2.15. The van der Waals surface area contributed by atoms with Gasteiger partial charge in [0.15, 0.2) is 0 Å². The van der Waals surface area contributed by atoms with Gasteiger partial charge >= 0.3 is 0 Å². The summed E-state index contributed by atoms with van der Waals surface area (Å²) in [4.78, 5) is 23.6. The molecule has 0 bridgehead atoms. The second-order valence-corrected chi connectivity index (χ2v) is 5.25. The average Bonchev–Trinajstić information content (AvgIpc) is 2.79. The summed E-state index contributed by atoms with van der Waals surface area (Å²) in [6.45, 7) is 1.69. The van der Waals surface area contributed by atoms with Crippen LogP contribution in [0.2, 0.25) is 5.22 Å². The van der Waals surface area contributed by atoms with E-state index in [4.69, 9.17) is 21.9 Å². The largest absolute Gasteiger partial charge is 0.368 e. The zero-order valence-electron chi connectivity index (χ0n) is 12.0. The van der Waals surface area contributed by atoms with Crippen LogP contribution in [0.15, 0.2) is 34.9 Å². The minimum absolute atomic E-state index is 0.0211. The number of hydrogen-bond donors (Lipinski definition) is 2. The van der Waals surface area contributed by atoms with Gasteiger partial charge in [0.1, 0.15) is 6.04 Å². The maximum absolute atomic E-state index is 12.1. The Labute approximate surface area is 132 Å². The topological polar surface area (TPSA) is 98.2 Å². The van der Waals surface area contributed by atoms with Crippen molar-refractivity contribution >= 4 is 23.4 Å². The van der Waals surface area contributed by atoms with Crippen molar-refractivity contribution in [2.45, 2.75) is 25.8 Å². The van der Waals surface area contributed by atoms with E-state index in [0.717, 1.165) is 5.56 Å². The fourth-order valence-electron chi connectivity index (χ4n) is 2.04. The molecule has 0 saturated carbocycles. The summed E-state index contributed by atoms with van der Waals surface area (Å²) >= 11 is 5.82. The van der Waals surface area contributed by atoms with Crippen LogP contribution in [0, 0.1) is 6.92 Å². The highest BCUT2D eigenvalue weighted by Crippen LogP contribution is 2.19. The van der Waals surface area contributed by atoms with Crippen molar-refractivity contribution in [3.05, 3.63) is 52.4 Å². The Hall–Kier alpha value is -2.34. The SMILES string of the molecule is Cc1noc(Cl)c1CC(=O)NC(Cc1ccccc1)C(N)=O. The molecule has 0 saturated heterocycles. The Bertz CT molecular complexity index is 650. The standard InChI is InChI=1S/C15H16ClN3O3/c1-9-11(14(16)22-19-9)8-13(20)18-12(15(17)21)7-10-5-3-2-4-6-10/h2-6,12H,7-8H2,1H3,(H2,17,21)(H,18,20). The van der Waals surface area contributed by atoms with Crippen molar-refractivity contribution in [1.82, 2.24) is 10.5 Å². The number of nitrogens with two attached hydrogens (primary N) is 1. The Balaban J connectivity index is 2.02. The van der Waals surface area contributed by atoms with Gasteiger partial charge in [-0.05, 0) is 24.1 Å². The first kappa shape index (κ1) is 16.0. The highest BCUT2D eigenvalue weighted by atomic mass is 35.5. The number of benzene rings is 1. The van der Waals surface area contributed by atoms with Crippen molar-refractivity contribution in [3.63, 3.8) is 0 Å². The molecule has 0 spiro atoms. The first-order valence-corrected chi connectivity index (χ1v) is 7.08. The van der Waals surface area contributed by atoms with E-state index in [2.05, 4.69) is 10.5 Å². The number of carbonyl (C=O) groups excluding carboxylic acids is 2. The number of halogens is 1. The molecule has 1 atom stereocenters. The molecule has 0 fully saturated rings. The van der Waals surface area contributed by atoms with Gasteiger partial charge in [0.05, 0.1) is 12.1 Å². The number of nitrogens with one attached hydrogen (secondary N) is 1. The number of hydrogen-bond acceptors (Lipinski definition) is 4. The molecule has 7 heteroatoms. The molecular weight excluding hydrogens is 306 g/mol. The summed E-state index contributed by atoms with van der Waals surface area (Å²) in [5.41, 5.74) is 7.31. The van der Waals surface area contributed by atoms with Crippen molar-refractivity contribution in [2.24, 2.45) is 5.73 Å². The highest BCUT2D eigenvalue weighted by molar-refractivity contribution is 6.29. The van der Waals surface area contributed by atoms with E-state index in [9.17, 15) is 9.59 Å². The number of carbonyl (C=O) groups is 2. The van der Waals surface area contributed by atoms with E-state index in [-0.39, 0.29) is 17.5 Å².